The van der Waals surface area contributed by atoms with E-state index in [0.29, 0.717) is 18.9 Å². The number of nitriles is 1. The average molecular weight is 300 g/mol. The van der Waals surface area contributed by atoms with Gasteiger partial charge in [-0.15, -0.1) is 0 Å². The van der Waals surface area contributed by atoms with Crippen molar-refractivity contribution in [3.63, 3.8) is 0 Å². The second kappa shape index (κ2) is 5.72. The standard InChI is InChI=1S/C14H12F4N2O/c15-12-9(4-2-5-10(12)14(16,17)18)13(21)20-11-6-1-3-8(11)7-19/h2,4-5,8,11H,1,3,6H2,(H,20,21). The predicted molar refractivity (Wildman–Crippen MR) is 65.6 cm³/mol. The molecule has 1 aromatic carbocycles. The van der Waals surface area contributed by atoms with Crippen LogP contribution in [0, 0.1) is 23.1 Å². The summed E-state index contributed by atoms with van der Waals surface area (Å²) in [5.74, 6) is -2.90. The van der Waals surface area contributed by atoms with Gasteiger partial charge >= 0.3 is 6.18 Å². The van der Waals surface area contributed by atoms with Crippen LogP contribution in [0.1, 0.15) is 35.2 Å². The fourth-order valence-corrected chi connectivity index (χ4v) is 2.46. The van der Waals surface area contributed by atoms with Crippen molar-refractivity contribution >= 4 is 5.91 Å². The summed E-state index contributed by atoms with van der Waals surface area (Å²) < 4.78 is 51.6. The van der Waals surface area contributed by atoms with E-state index >= 15 is 0 Å². The minimum atomic E-state index is -4.86. The van der Waals surface area contributed by atoms with Gasteiger partial charge in [0.2, 0.25) is 0 Å². The van der Waals surface area contributed by atoms with E-state index in [1.807, 2.05) is 6.07 Å². The Morgan fingerprint density at radius 3 is 2.67 bits per heavy atom. The molecule has 21 heavy (non-hydrogen) atoms. The third-order valence-electron chi connectivity index (χ3n) is 3.55. The molecule has 2 unspecified atom stereocenters. The lowest BCUT2D eigenvalue weighted by atomic mass is 10.0. The first-order valence-electron chi connectivity index (χ1n) is 6.40. The van der Waals surface area contributed by atoms with E-state index in [4.69, 9.17) is 5.26 Å². The third-order valence-corrected chi connectivity index (χ3v) is 3.55. The molecule has 1 aromatic rings. The van der Waals surface area contributed by atoms with Crippen molar-refractivity contribution in [1.82, 2.24) is 5.32 Å². The largest absolute Gasteiger partial charge is 0.419 e. The fraction of sp³-hybridized carbons (Fsp3) is 0.429. The summed E-state index contributed by atoms with van der Waals surface area (Å²) in [5.41, 5.74) is -2.13. The zero-order chi connectivity index (χ0) is 15.6. The van der Waals surface area contributed by atoms with E-state index in [1.165, 1.54) is 0 Å². The van der Waals surface area contributed by atoms with Crippen molar-refractivity contribution in [1.29, 1.82) is 5.26 Å². The molecule has 2 atom stereocenters. The molecule has 112 valence electrons. The predicted octanol–water partition coefficient (Wildman–Crippen LogP) is 3.27. The number of nitrogens with zero attached hydrogens (tertiary/aromatic N) is 1. The number of benzene rings is 1. The highest BCUT2D eigenvalue weighted by atomic mass is 19.4. The van der Waals surface area contributed by atoms with Crippen molar-refractivity contribution in [2.24, 2.45) is 5.92 Å². The molecular weight excluding hydrogens is 288 g/mol. The Balaban J connectivity index is 2.23. The van der Waals surface area contributed by atoms with Gasteiger partial charge in [-0.25, -0.2) is 4.39 Å². The van der Waals surface area contributed by atoms with Crippen molar-refractivity contribution in [3.8, 4) is 6.07 Å². The third kappa shape index (κ3) is 3.15. The Hall–Kier alpha value is -2.10. The molecule has 0 heterocycles. The molecule has 7 heteroatoms. The first kappa shape index (κ1) is 15.3. The van der Waals surface area contributed by atoms with Crippen molar-refractivity contribution in [2.75, 3.05) is 0 Å². The van der Waals surface area contributed by atoms with Crippen LogP contribution in [0.25, 0.3) is 0 Å². The second-order valence-corrected chi connectivity index (χ2v) is 4.91. The van der Waals surface area contributed by atoms with Gasteiger partial charge < -0.3 is 5.32 Å². The molecule has 1 aliphatic rings. The Bertz CT molecular complexity index is 592. The minimum absolute atomic E-state index is 0.386. The van der Waals surface area contributed by atoms with Crippen LogP contribution in [-0.2, 0) is 6.18 Å². The first-order valence-corrected chi connectivity index (χ1v) is 6.40. The molecule has 1 amide bonds. The lowest BCUT2D eigenvalue weighted by Gasteiger charge is -2.17. The molecule has 1 saturated carbocycles. The fourth-order valence-electron chi connectivity index (χ4n) is 2.46. The lowest BCUT2D eigenvalue weighted by Crippen LogP contribution is -2.37. The van der Waals surface area contributed by atoms with E-state index in [0.717, 1.165) is 18.6 Å². The zero-order valence-corrected chi connectivity index (χ0v) is 10.9. The summed E-state index contributed by atoms with van der Waals surface area (Å²) in [6.07, 6.45) is -2.94. The molecule has 1 fully saturated rings. The number of carbonyl (C=O) groups is 1. The lowest BCUT2D eigenvalue weighted by molar-refractivity contribution is -0.140. The van der Waals surface area contributed by atoms with Crippen molar-refractivity contribution in [2.45, 2.75) is 31.5 Å². The van der Waals surface area contributed by atoms with E-state index < -0.39 is 35.1 Å². The molecule has 1 aliphatic carbocycles. The van der Waals surface area contributed by atoms with Gasteiger partial charge in [-0.3, -0.25) is 4.79 Å². The molecule has 0 aliphatic heterocycles. The second-order valence-electron chi connectivity index (χ2n) is 4.91. The minimum Gasteiger partial charge on any atom is -0.348 e. The summed E-state index contributed by atoms with van der Waals surface area (Å²) in [4.78, 5) is 11.9. The highest BCUT2D eigenvalue weighted by Gasteiger charge is 2.36. The number of nitrogens with one attached hydrogen (secondary N) is 1. The van der Waals surface area contributed by atoms with Crippen LogP contribution in [0.2, 0.25) is 0 Å². The van der Waals surface area contributed by atoms with E-state index in [1.54, 1.807) is 0 Å². The number of amides is 1. The quantitative estimate of drug-likeness (QED) is 0.852. The normalized spacial score (nSPS) is 21.9. The molecule has 0 saturated heterocycles. The number of carbonyl (C=O) groups excluding carboxylic acids is 1. The van der Waals surface area contributed by atoms with Crippen molar-refractivity contribution < 1.29 is 22.4 Å². The maximum Gasteiger partial charge on any atom is 0.419 e. The summed E-state index contributed by atoms with van der Waals surface area (Å²) in [6, 6.07) is 4.15. The summed E-state index contributed by atoms with van der Waals surface area (Å²) in [5, 5.41) is 11.3. The Morgan fingerprint density at radius 2 is 2.05 bits per heavy atom. The van der Waals surface area contributed by atoms with Gasteiger partial charge in [0, 0.05) is 6.04 Å². The van der Waals surface area contributed by atoms with Gasteiger partial charge in [0.25, 0.3) is 5.91 Å². The molecule has 3 nitrogen and oxygen atoms in total. The zero-order valence-electron chi connectivity index (χ0n) is 10.9. The summed E-state index contributed by atoms with van der Waals surface area (Å²) in [7, 11) is 0. The number of hydrogen-bond acceptors (Lipinski definition) is 2. The summed E-state index contributed by atoms with van der Waals surface area (Å²) >= 11 is 0. The number of rotatable bonds is 2. The maximum absolute atomic E-state index is 13.8. The smallest absolute Gasteiger partial charge is 0.348 e. The molecule has 2 rings (SSSR count). The Morgan fingerprint density at radius 1 is 1.33 bits per heavy atom. The molecular formula is C14H12F4N2O. The van der Waals surface area contributed by atoms with Crippen LogP contribution in [0.3, 0.4) is 0 Å². The monoisotopic (exact) mass is 300 g/mol. The van der Waals surface area contributed by atoms with E-state index in [2.05, 4.69) is 5.32 Å². The number of alkyl halides is 3. The number of hydrogen-bond donors (Lipinski definition) is 1. The van der Waals surface area contributed by atoms with E-state index in [9.17, 15) is 22.4 Å². The molecule has 0 aromatic heterocycles. The van der Waals surface area contributed by atoms with Crippen LogP contribution < -0.4 is 5.32 Å². The van der Waals surface area contributed by atoms with Gasteiger partial charge in [-0.2, -0.15) is 18.4 Å². The van der Waals surface area contributed by atoms with Gasteiger partial charge in [0.05, 0.1) is 23.1 Å². The average Bonchev–Trinajstić information content (AvgIpc) is 2.84. The van der Waals surface area contributed by atoms with Crippen LogP contribution >= 0.6 is 0 Å². The van der Waals surface area contributed by atoms with Gasteiger partial charge in [-0.05, 0) is 31.4 Å². The maximum atomic E-state index is 13.8. The van der Waals surface area contributed by atoms with E-state index in [-0.39, 0.29) is 5.92 Å². The van der Waals surface area contributed by atoms with Gasteiger partial charge in [0.1, 0.15) is 5.82 Å². The Kier molecular flexibility index (Phi) is 4.16. The van der Waals surface area contributed by atoms with Crippen LogP contribution in [-0.4, -0.2) is 11.9 Å². The highest BCUT2D eigenvalue weighted by molar-refractivity contribution is 5.95. The van der Waals surface area contributed by atoms with Crippen LogP contribution in [0.5, 0.6) is 0 Å². The van der Waals surface area contributed by atoms with Gasteiger partial charge in [-0.1, -0.05) is 6.07 Å². The molecule has 0 radical (unpaired) electrons. The Labute approximate surface area is 118 Å². The first-order chi connectivity index (χ1) is 9.84. The molecule has 0 spiro atoms. The van der Waals surface area contributed by atoms with Crippen LogP contribution in [0.4, 0.5) is 17.6 Å². The van der Waals surface area contributed by atoms with Crippen LogP contribution in [0.15, 0.2) is 18.2 Å². The highest BCUT2D eigenvalue weighted by Crippen LogP contribution is 2.32. The van der Waals surface area contributed by atoms with Crippen molar-refractivity contribution in [3.05, 3.63) is 35.1 Å². The topological polar surface area (TPSA) is 52.9 Å². The summed E-state index contributed by atoms with van der Waals surface area (Å²) in [6.45, 7) is 0. The molecule has 1 N–H and O–H groups in total. The SMILES string of the molecule is N#CC1CCCC1NC(=O)c1cccc(C(F)(F)F)c1F. The van der Waals surface area contributed by atoms with Gasteiger partial charge in [0.15, 0.2) is 0 Å². The molecule has 0 bridgehead atoms. The number of halogens is 4.